The smallest absolute Gasteiger partial charge is 0.261 e. The lowest BCUT2D eigenvalue weighted by atomic mass is 10.4. The van der Waals surface area contributed by atoms with Gasteiger partial charge < -0.3 is 9.73 Å². The molecule has 15 heavy (non-hydrogen) atoms. The maximum Gasteiger partial charge on any atom is 0.261 e. The molecular formula is C10H10N2O2S. The summed E-state index contributed by atoms with van der Waals surface area (Å²) in [5.74, 6) is 1.17. The van der Waals surface area contributed by atoms with E-state index in [1.165, 1.54) is 11.3 Å². The van der Waals surface area contributed by atoms with Crippen molar-refractivity contribution in [2.24, 2.45) is 0 Å². The summed E-state index contributed by atoms with van der Waals surface area (Å²) in [6, 6.07) is 3.62. The first kappa shape index (κ1) is 9.92. The molecular weight excluding hydrogens is 212 g/mol. The van der Waals surface area contributed by atoms with Crippen LogP contribution in [0.15, 0.2) is 28.1 Å². The van der Waals surface area contributed by atoms with Crippen LogP contribution in [0, 0.1) is 6.92 Å². The molecule has 78 valence electrons. The predicted molar refractivity (Wildman–Crippen MR) is 56.7 cm³/mol. The second kappa shape index (κ2) is 4.27. The maximum absolute atomic E-state index is 11.5. The van der Waals surface area contributed by atoms with Gasteiger partial charge >= 0.3 is 0 Å². The lowest BCUT2D eigenvalue weighted by Gasteiger charge is -1.99. The molecule has 2 rings (SSSR count). The number of oxazole rings is 1. The van der Waals surface area contributed by atoms with Crippen molar-refractivity contribution >= 4 is 17.2 Å². The molecule has 0 fully saturated rings. The molecule has 0 aliphatic rings. The SMILES string of the molecule is Cc1cnc(CNC(=O)c2cccs2)o1. The van der Waals surface area contributed by atoms with Crippen molar-refractivity contribution in [2.45, 2.75) is 13.5 Å². The molecule has 0 atom stereocenters. The molecule has 0 saturated heterocycles. The van der Waals surface area contributed by atoms with Crippen molar-refractivity contribution in [3.63, 3.8) is 0 Å². The first-order valence-electron chi connectivity index (χ1n) is 4.49. The summed E-state index contributed by atoms with van der Waals surface area (Å²) in [7, 11) is 0. The lowest BCUT2D eigenvalue weighted by molar-refractivity contribution is 0.0951. The number of nitrogens with one attached hydrogen (secondary N) is 1. The molecule has 5 heteroatoms. The average molecular weight is 222 g/mol. The highest BCUT2D eigenvalue weighted by Gasteiger charge is 2.07. The number of aromatic nitrogens is 1. The van der Waals surface area contributed by atoms with Gasteiger partial charge in [-0.25, -0.2) is 4.98 Å². The summed E-state index contributed by atoms with van der Waals surface area (Å²) < 4.78 is 5.23. The van der Waals surface area contributed by atoms with Crippen LogP contribution in [0.1, 0.15) is 21.3 Å². The maximum atomic E-state index is 11.5. The van der Waals surface area contributed by atoms with E-state index in [1.54, 1.807) is 12.3 Å². The van der Waals surface area contributed by atoms with E-state index in [0.29, 0.717) is 17.3 Å². The first-order chi connectivity index (χ1) is 7.25. The van der Waals surface area contributed by atoms with E-state index in [2.05, 4.69) is 10.3 Å². The fourth-order valence-corrected chi connectivity index (χ4v) is 1.77. The quantitative estimate of drug-likeness (QED) is 0.863. The van der Waals surface area contributed by atoms with Gasteiger partial charge in [-0.15, -0.1) is 11.3 Å². The van der Waals surface area contributed by atoms with Gasteiger partial charge in [0.05, 0.1) is 17.6 Å². The van der Waals surface area contributed by atoms with E-state index in [1.807, 2.05) is 18.4 Å². The van der Waals surface area contributed by atoms with Gasteiger partial charge in [-0.1, -0.05) is 6.07 Å². The Morgan fingerprint density at radius 3 is 3.13 bits per heavy atom. The van der Waals surface area contributed by atoms with Crippen molar-refractivity contribution in [1.29, 1.82) is 0 Å². The fraction of sp³-hybridized carbons (Fsp3) is 0.200. The van der Waals surface area contributed by atoms with E-state index in [4.69, 9.17) is 4.42 Å². The summed E-state index contributed by atoms with van der Waals surface area (Å²) in [5.41, 5.74) is 0. The molecule has 0 aromatic carbocycles. The second-order valence-electron chi connectivity index (χ2n) is 3.02. The Labute approximate surface area is 90.9 Å². The van der Waals surface area contributed by atoms with Gasteiger partial charge in [-0.2, -0.15) is 0 Å². The van der Waals surface area contributed by atoms with Gasteiger partial charge in [0.25, 0.3) is 5.91 Å². The van der Waals surface area contributed by atoms with Crippen LogP contribution in [0.5, 0.6) is 0 Å². The lowest BCUT2D eigenvalue weighted by Crippen LogP contribution is -2.21. The minimum atomic E-state index is -0.0964. The Kier molecular flexibility index (Phi) is 2.82. The highest BCUT2D eigenvalue weighted by molar-refractivity contribution is 7.12. The Balaban J connectivity index is 1.91. The van der Waals surface area contributed by atoms with Gasteiger partial charge in [-0.3, -0.25) is 4.79 Å². The van der Waals surface area contributed by atoms with Gasteiger partial charge in [0.15, 0.2) is 0 Å². The molecule has 2 heterocycles. The minimum Gasteiger partial charge on any atom is -0.444 e. The monoisotopic (exact) mass is 222 g/mol. The molecule has 0 aliphatic heterocycles. The van der Waals surface area contributed by atoms with E-state index in [-0.39, 0.29) is 5.91 Å². The zero-order valence-corrected chi connectivity index (χ0v) is 9.00. The van der Waals surface area contributed by atoms with Crippen LogP contribution in [0.4, 0.5) is 0 Å². The highest BCUT2D eigenvalue weighted by atomic mass is 32.1. The minimum absolute atomic E-state index is 0.0964. The Morgan fingerprint density at radius 2 is 2.53 bits per heavy atom. The number of carbonyl (C=O) groups is 1. The van der Waals surface area contributed by atoms with E-state index < -0.39 is 0 Å². The van der Waals surface area contributed by atoms with Crippen LogP contribution in [-0.2, 0) is 6.54 Å². The number of hydrogen-bond donors (Lipinski definition) is 1. The van der Waals surface area contributed by atoms with Crippen LogP contribution in [0.25, 0.3) is 0 Å². The van der Waals surface area contributed by atoms with Crippen molar-refractivity contribution in [2.75, 3.05) is 0 Å². The third-order valence-corrected chi connectivity index (χ3v) is 2.68. The van der Waals surface area contributed by atoms with Crippen LogP contribution in [-0.4, -0.2) is 10.9 Å². The Morgan fingerprint density at radius 1 is 1.67 bits per heavy atom. The van der Waals surface area contributed by atoms with Crippen LogP contribution >= 0.6 is 11.3 Å². The summed E-state index contributed by atoms with van der Waals surface area (Å²) in [5, 5.41) is 4.60. The number of amides is 1. The van der Waals surface area contributed by atoms with Crippen molar-refractivity contribution < 1.29 is 9.21 Å². The number of hydrogen-bond acceptors (Lipinski definition) is 4. The van der Waals surface area contributed by atoms with E-state index >= 15 is 0 Å². The number of carbonyl (C=O) groups excluding carboxylic acids is 1. The van der Waals surface area contributed by atoms with Crippen LogP contribution in [0.2, 0.25) is 0 Å². The van der Waals surface area contributed by atoms with Crippen molar-refractivity contribution in [3.8, 4) is 0 Å². The van der Waals surface area contributed by atoms with Crippen molar-refractivity contribution in [3.05, 3.63) is 40.2 Å². The molecule has 2 aromatic rings. The Hall–Kier alpha value is -1.62. The molecule has 0 bridgehead atoms. The van der Waals surface area contributed by atoms with Crippen LogP contribution < -0.4 is 5.32 Å². The molecule has 0 aliphatic carbocycles. The molecule has 0 saturated carbocycles. The molecule has 1 amide bonds. The number of aryl methyl sites for hydroxylation is 1. The molecule has 0 radical (unpaired) electrons. The van der Waals surface area contributed by atoms with Crippen molar-refractivity contribution in [1.82, 2.24) is 10.3 Å². The van der Waals surface area contributed by atoms with Gasteiger partial charge in [0.2, 0.25) is 5.89 Å². The summed E-state index contributed by atoms with van der Waals surface area (Å²) in [6.07, 6.45) is 1.63. The zero-order valence-electron chi connectivity index (χ0n) is 8.19. The predicted octanol–water partition coefficient (Wildman–Crippen LogP) is 1.97. The van der Waals surface area contributed by atoms with E-state index in [9.17, 15) is 4.79 Å². The molecule has 2 aromatic heterocycles. The van der Waals surface area contributed by atoms with Gasteiger partial charge in [0, 0.05) is 0 Å². The third kappa shape index (κ3) is 2.44. The van der Waals surface area contributed by atoms with Gasteiger partial charge in [0.1, 0.15) is 5.76 Å². The largest absolute Gasteiger partial charge is 0.444 e. The summed E-state index contributed by atoms with van der Waals surface area (Å²) >= 11 is 1.41. The fourth-order valence-electron chi connectivity index (χ4n) is 1.13. The highest BCUT2D eigenvalue weighted by Crippen LogP contribution is 2.08. The molecule has 1 N–H and O–H groups in total. The Bertz CT molecular complexity index is 448. The van der Waals surface area contributed by atoms with Gasteiger partial charge in [-0.05, 0) is 18.4 Å². The van der Waals surface area contributed by atoms with Crippen LogP contribution in [0.3, 0.4) is 0 Å². The average Bonchev–Trinajstić information content (AvgIpc) is 2.84. The third-order valence-electron chi connectivity index (χ3n) is 1.81. The molecule has 0 spiro atoms. The second-order valence-corrected chi connectivity index (χ2v) is 3.97. The first-order valence-corrected chi connectivity index (χ1v) is 5.36. The summed E-state index contributed by atoms with van der Waals surface area (Å²) in [4.78, 5) is 16.2. The normalized spacial score (nSPS) is 10.2. The molecule has 0 unspecified atom stereocenters. The standard InChI is InChI=1S/C10H10N2O2S/c1-7-5-11-9(14-7)6-12-10(13)8-3-2-4-15-8/h2-5H,6H2,1H3,(H,12,13). The number of thiophene rings is 1. The molecule has 4 nitrogen and oxygen atoms in total. The number of nitrogens with zero attached hydrogens (tertiary/aromatic N) is 1. The van der Waals surface area contributed by atoms with E-state index in [0.717, 1.165) is 5.76 Å². The summed E-state index contributed by atoms with van der Waals surface area (Å²) in [6.45, 7) is 2.14. The zero-order chi connectivity index (χ0) is 10.7. The number of rotatable bonds is 3. The topological polar surface area (TPSA) is 55.1 Å².